The van der Waals surface area contributed by atoms with E-state index in [1.165, 1.54) is 102 Å². The molecule has 2 nitrogen and oxygen atoms in total. The van der Waals surface area contributed by atoms with Crippen molar-refractivity contribution in [1.29, 1.82) is 0 Å². The summed E-state index contributed by atoms with van der Waals surface area (Å²) in [4.78, 5) is 0. The van der Waals surface area contributed by atoms with E-state index in [4.69, 9.17) is 4.74 Å². The number of hydrogen-bond acceptors (Lipinski definition) is 2. The topological polar surface area (TPSA) is 29.5 Å². The third-order valence-electron chi connectivity index (χ3n) is 5.91. The first-order chi connectivity index (χ1) is 14.4. The molecule has 1 N–H and O–H groups in total. The van der Waals surface area contributed by atoms with Gasteiger partial charge in [-0.15, -0.1) is 0 Å². The van der Waals surface area contributed by atoms with E-state index >= 15 is 0 Å². The summed E-state index contributed by atoms with van der Waals surface area (Å²) in [5, 5.41) is 9.50. The van der Waals surface area contributed by atoms with Gasteiger partial charge in [0.05, 0.1) is 19.3 Å². The van der Waals surface area contributed by atoms with Gasteiger partial charge in [-0.3, -0.25) is 0 Å². The average molecular weight is 405 g/mol. The van der Waals surface area contributed by atoms with E-state index in [1.54, 1.807) is 0 Å². The molecule has 0 spiro atoms. The van der Waals surface area contributed by atoms with E-state index in [1.807, 2.05) is 18.2 Å². The minimum Gasteiger partial charge on any atom is -0.394 e. The van der Waals surface area contributed by atoms with Crippen LogP contribution >= 0.6 is 0 Å². The predicted molar refractivity (Wildman–Crippen MR) is 126 cm³/mol. The Morgan fingerprint density at radius 2 is 1.10 bits per heavy atom. The first-order valence-electron chi connectivity index (χ1n) is 12.6. The molecule has 168 valence electrons. The SMILES string of the molecule is CCCCCCCCCCCCCCCCCC[C@@H](CO)OCc1ccccc1. The minimum absolute atomic E-state index is 0.0122. The lowest BCUT2D eigenvalue weighted by Crippen LogP contribution is -2.17. The van der Waals surface area contributed by atoms with Crippen molar-refractivity contribution in [2.75, 3.05) is 6.61 Å². The minimum atomic E-state index is -0.0122. The maximum Gasteiger partial charge on any atom is 0.0810 e. The fourth-order valence-corrected chi connectivity index (χ4v) is 3.94. The maximum absolute atomic E-state index is 9.50. The van der Waals surface area contributed by atoms with Crippen molar-refractivity contribution in [3.05, 3.63) is 35.9 Å². The molecule has 0 bridgehead atoms. The molecule has 0 unspecified atom stereocenters. The molecule has 0 aliphatic rings. The van der Waals surface area contributed by atoms with Crippen LogP contribution in [0.5, 0.6) is 0 Å². The highest BCUT2D eigenvalue weighted by Gasteiger charge is 2.07. The van der Waals surface area contributed by atoms with Gasteiger partial charge >= 0.3 is 0 Å². The van der Waals surface area contributed by atoms with Crippen LogP contribution < -0.4 is 0 Å². The fraction of sp³-hybridized carbons (Fsp3) is 0.778. The average Bonchev–Trinajstić information content (AvgIpc) is 2.76. The van der Waals surface area contributed by atoms with Gasteiger partial charge in [0.25, 0.3) is 0 Å². The van der Waals surface area contributed by atoms with Crippen LogP contribution in [0.2, 0.25) is 0 Å². The molecule has 1 rings (SSSR count). The van der Waals surface area contributed by atoms with Crippen LogP contribution in [-0.4, -0.2) is 17.8 Å². The van der Waals surface area contributed by atoms with Gasteiger partial charge in [-0.1, -0.05) is 140 Å². The molecule has 0 aromatic heterocycles. The lowest BCUT2D eigenvalue weighted by Gasteiger charge is -2.15. The second-order valence-corrected chi connectivity index (χ2v) is 8.69. The molecule has 0 fully saturated rings. The second-order valence-electron chi connectivity index (χ2n) is 8.69. The zero-order valence-corrected chi connectivity index (χ0v) is 19.3. The number of benzene rings is 1. The highest BCUT2D eigenvalue weighted by atomic mass is 16.5. The summed E-state index contributed by atoms with van der Waals surface area (Å²) in [5.74, 6) is 0. The van der Waals surface area contributed by atoms with Gasteiger partial charge in [-0.05, 0) is 12.0 Å². The third kappa shape index (κ3) is 16.6. The number of unbranched alkanes of at least 4 members (excludes halogenated alkanes) is 15. The monoisotopic (exact) mass is 404 g/mol. The van der Waals surface area contributed by atoms with Gasteiger partial charge in [-0.25, -0.2) is 0 Å². The first-order valence-corrected chi connectivity index (χ1v) is 12.6. The number of ether oxygens (including phenoxy) is 1. The van der Waals surface area contributed by atoms with Crippen LogP contribution in [0.3, 0.4) is 0 Å². The van der Waals surface area contributed by atoms with E-state index in [0.717, 1.165) is 12.8 Å². The molecule has 0 aliphatic carbocycles. The molecule has 0 aliphatic heterocycles. The Morgan fingerprint density at radius 1 is 0.655 bits per heavy atom. The predicted octanol–water partition coefficient (Wildman–Crippen LogP) is 8.22. The molecule has 0 radical (unpaired) electrons. The molecule has 0 heterocycles. The van der Waals surface area contributed by atoms with Crippen molar-refractivity contribution < 1.29 is 9.84 Å². The molecule has 1 aromatic carbocycles. The molecular formula is C27H48O2. The number of hydrogen-bond donors (Lipinski definition) is 1. The highest BCUT2D eigenvalue weighted by Crippen LogP contribution is 2.15. The van der Waals surface area contributed by atoms with Gasteiger partial charge < -0.3 is 9.84 Å². The summed E-state index contributed by atoms with van der Waals surface area (Å²) in [6, 6.07) is 10.2. The van der Waals surface area contributed by atoms with Gasteiger partial charge in [-0.2, -0.15) is 0 Å². The van der Waals surface area contributed by atoms with Crippen molar-refractivity contribution in [3.63, 3.8) is 0 Å². The van der Waals surface area contributed by atoms with Crippen molar-refractivity contribution in [2.45, 2.75) is 129 Å². The lowest BCUT2D eigenvalue weighted by molar-refractivity contribution is -0.00348. The van der Waals surface area contributed by atoms with E-state index < -0.39 is 0 Å². The van der Waals surface area contributed by atoms with Crippen molar-refractivity contribution in [3.8, 4) is 0 Å². The first kappa shape index (κ1) is 26.2. The molecule has 1 atom stereocenters. The van der Waals surface area contributed by atoms with E-state index in [-0.39, 0.29) is 12.7 Å². The number of rotatable bonds is 21. The molecule has 0 saturated heterocycles. The largest absolute Gasteiger partial charge is 0.394 e. The standard InChI is InChI=1S/C27H48O2/c1-2-3-4-5-6-7-8-9-10-11-12-13-14-15-16-20-23-27(24-28)29-25-26-21-18-17-19-22-26/h17-19,21-22,27-28H,2-16,20,23-25H2,1H3/t27-/m0/s1. The van der Waals surface area contributed by atoms with Crippen LogP contribution in [0.25, 0.3) is 0 Å². The van der Waals surface area contributed by atoms with Gasteiger partial charge in [0, 0.05) is 0 Å². The molecule has 0 saturated carbocycles. The zero-order valence-electron chi connectivity index (χ0n) is 19.3. The molecule has 29 heavy (non-hydrogen) atoms. The van der Waals surface area contributed by atoms with Gasteiger partial charge in [0.2, 0.25) is 0 Å². The van der Waals surface area contributed by atoms with Crippen molar-refractivity contribution in [2.24, 2.45) is 0 Å². The smallest absolute Gasteiger partial charge is 0.0810 e. The third-order valence-corrected chi connectivity index (χ3v) is 5.91. The summed E-state index contributed by atoms with van der Waals surface area (Å²) in [7, 11) is 0. The Morgan fingerprint density at radius 3 is 1.55 bits per heavy atom. The summed E-state index contributed by atoms with van der Waals surface area (Å²) in [6.45, 7) is 3.02. The maximum atomic E-state index is 9.50. The van der Waals surface area contributed by atoms with Gasteiger partial charge in [0.1, 0.15) is 0 Å². The van der Waals surface area contributed by atoms with Crippen LogP contribution in [-0.2, 0) is 11.3 Å². The van der Waals surface area contributed by atoms with Crippen LogP contribution in [0.15, 0.2) is 30.3 Å². The van der Waals surface area contributed by atoms with Gasteiger partial charge in [0.15, 0.2) is 0 Å². The van der Waals surface area contributed by atoms with E-state index in [0.29, 0.717) is 6.61 Å². The van der Waals surface area contributed by atoms with Crippen LogP contribution in [0, 0.1) is 0 Å². The Kier molecular flexibility index (Phi) is 18.4. The second kappa shape index (κ2) is 20.4. The van der Waals surface area contributed by atoms with Crippen molar-refractivity contribution >= 4 is 0 Å². The Hall–Kier alpha value is -0.860. The Labute approximate surface area is 181 Å². The summed E-state index contributed by atoms with van der Waals surface area (Å²) in [6.07, 6.45) is 23.2. The molecule has 1 aromatic rings. The van der Waals surface area contributed by atoms with Crippen LogP contribution in [0.1, 0.15) is 122 Å². The van der Waals surface area contributed by atoms with E-state index in [2.05, 4.69) is 19.1 Å². The fourth-order valence-electron chi connectivity index (χ4n) is 3.94. The molecule has 2 heteroatoms. The van der Waals surface area contributed by atoms with Crippen LogP contribution in [0.4, 0.5) is 0 Å². The highest BCUT2D eigenvalue weighted by molar-refractivity contribution is 5.13. The van der Waals surface area contributed by atoms with E-state index in [9.17, 15) is 5.11 Å². The number of aliphatic hydroxyl groups is 1. The quantitative estimate of drug-likeness (QED) is 0.209. The normalized spacial score (nSPS) is 12.3. The molecular weight excluding hydrogens is 356 g/mol. The Bertz CT molecular complexity index is 431. The lowest BCUT2D eigenvalue weighted by atomic mass is 10.0. The Balaban J connectivity index is 1.81. The molecule has 0 amide bonds. The summed E-state index contributed by atoms with van der Waals surface area (Å²) < 4.78 is 5.85. The summed E-state index contributed by atoms with van der Waals surface area (Å²) >= 11 is 0. The zero-order chi connectivity index (χ0) is 20.8. The summed E-state index contributed by atoms with van der Waals surface area (Å²) in [5.41, 5.74) is 1.18. The number of aliphatic hydroxyl groups excluding tert-OH is 1. The van der Waals surface area contributed by atoms with Crippen molar-refractivity contribution in [1.82, 2.24) is 0 Å².